The van der Waals surface area contributed by atoms with Crippen molar-refractivity contribution in [3.05, 3.63) is 35.4 Å². The normalized spacial score (nSPS) is 14.7. The second kappa shape index (κ2) is 5.02. The van der Waals surface area contributed by atoms with Crippen molar-refractivity contribution in [3.8, 4) is 0 Å². The van der Waals surface area contributed by atoms with Gasteiger partial charge < -0.3 is 15.9 Å². The first-order chi connectivity index (χ1) is 7.06. The maximum atomic E-state index is 11.0. The number of ketones is 1. The average Bonchev–Trinajstić information content (AvgIpc) is 2.27. The molecule has 0 aliphatic heterocycles. The number of aliphatic hydroxyl groups excluding tert-OH is 2. The Hall–Kier alpha value is -1.23. The molecule has 0 spiro atoms. The van der Waals surface area contributed by atoms with Gasteiger partial charge in [0, 0.05) is 12.1 Å². The Morgan fingerprint density at radius 1 is 1.33 bits per heavy atom. The van der Waals surface area contributed by atoms with Gasteiger partial charge in [-0.25, -0.2) is 0 Å². The van der Waals surface area contributed by atoms with Gasteiger partial charge in [-0.2, -0.15) is 0 Å². The highest BCUT2D eigenvalue weighted by molar-refractivity contribution is 5.94. The quantitative estimate of drug-likeness (QED) is 0.620. The van der Waals surface area contributed by atoms with E-state index in [9.17, 15) is 15.0 Å². The Bertz CT molecular complexity index is 334. The summed E-state index contributed by atoms with van der Waals surface area (Å²) in [4.78, 5) is 11.0. The van der Waals surface area contributed by atoms with E-state index in [0.29, 0.717) is 11.1 Å². The first-order valence-electron chi connectivity index (χ1n) is 4.73. The summed E-state index contributed by atoms with van der Waals surface area (Å²) in [6, 6.07) is 6.45. The maximum absolute atomic E-state index is 11.0. The van der Waals surface area contributed by atoms with Crippen LogP contribution in [0.2, 0.25) is 0 Å². The lowest BCUT2D eigenvalue weighted by Crippen LogP contribution is -2.27. The molecule has 0 bridgehead atoms. The largest absolute Gasteiger partial charge is 0.389 e. The van der Waals surface area contributed by atoms with Crippen LogP contribution in [0.15, 0.2) is 24.3 Å². The van der Waals surface area contributed by atoms with Crippen molar-refractivity contribution in [1.29, 1.82) is 0 Å². The summed E-state index contributed by atoms with van der Waals surface area (Å²) in [5.74, 6) is -0.0320. The highest BCUT2D eigenvalue weighted by Gasteiger charge is 2.16. The number of rotatable bonds is 4. The maximum Gasteiger partial charge on any atom is 0.159 e. The van der Waals surface area contributed by atoms with E-state index in [1.165, 1.54) is 6.92 Å². The van der Waals surface area contributed by atoms with Crippen LogP contribution in [0, 0.1) is 0 Å². The minimum Gasteiger partial charge on any atom is -0.389 e. The minimum atomic E-state index is -1.00. The molecule has 4 nitrogen and oxygen atoms in total. The van der Waals surface area contributed by atoms with Gasteiger partial charge in [-0.05, 0) is 12.5 Å². The molecule has 1 rings (SSSR count). The molecule has 0 heterocycles. The molecule has 0 fully saturated rings. The lowest BCUT2D eigenvalue weighted by molar-refractivity contribution is 0.0243. The molecule has 1 aromatic carbocycles. The van der Waals surface area contributed by atoms with E-state index in [0.717, 1.165) is 0 Å². The second-order valence-corrected chi connectivity index (χ2v) is 3.43. The lowest BCUT2D eigenvalue weighted by Gasteiger charge is -2.16. The van der Waals surface area contributed by atoms with Gasteiger partial charge in [-0.15, -0.1) is 0 Å². The smallest absolute Gasteiger partial charge is 0.159 e. The molecule has 4 heteroatoms. The van der Waals surface area contributed by atoms with Crippen LogP contribution in [0.5, 0.6) is 0 Å². The number of carbonyl (C=O) groups excluding carboxylic acids is 1. The molecular weight excluding hydrogens is 194 g/mol. The number of nitrogens with two attached hydrogens (primary N) is 1. The minimum absolute atomic E-state index is 0.00434. The van der Waals surface area contributed by atoms with E-state index in [1.807, 2.05) is 0 Å². The van der Waals surface area contributed by atoms with Crippen molar-refractivity contribution in [2.75, 3.05) is 6.54 Å². The van der Waals surface area contributed by atoms with E-state index < -0.39 is 12.2 Å². The summed E-state index contributed by atoms with van der Waals surface area (Å²) in [6.07, 6.45) is -1.98. The fourth-order valence-corrected chi connectivity index (χ4v) is 1.27. The summed E-state index contributed by atoms with van der Waals surface area (Å²) in [7, 11) is 0. The number of carbonyl (C=O) groups is 1. The highest BCUT2D eigenvalue weighted by atomic mass is 16.3. The van der Waals surface area contributed by atoms with Crippen molar-refractivity contribution >= 4 is 5.78 Å². The third-order valence-corrected chi connectivity index (χ3v) is 2.26. The molecular formula is C11H15NO3. The Morgan fingerprint density at radius 2 is 1.87 bits per heavy atom. The predicted octanol–water partition coefficient (Wildman–Crippen LogP) is 0.242. The van der Waals surface area contributed by atoms with Gasteiger partial charge in [-0.1, -0.05) is 24.3 Å². The molecule has 0 aliphatic rings. The SMILES string of the molecule is CC(=O)c1ccc(C(O)C(O)CN)cc1. The Morgan fingerprint density at radius 3 is 2.27 bits per heavy atom. The van der Waals surface area contributed by atoms with E-state index >= 15 is 0 Å². The van der Waals surface area contributed by atoms with Crippen molar-refractivity contribution in [1.82, 2.24) is 0 Å². The molecule has 4 N–H and O–H groups in total. The fraction of sp³-hybridized carbons (Fsp3) is 0.364. The lowest BCUT2D eigenvalue weighted by atomic mass is 10.0. The molecule has 0 amide bonds. The third-order valence-electron chi connectivity index (χ3n) is 2.26. The monoisotopic (exact) mass is 209 g/mol. The molecule has 82 valence electrons. The number of hydrogen-bond donors (Lipinski definition) is 3. The topological polar surface area (TPSA) is 83.5 Å². The van der Waals surface area contributed by atoms with Crippen LogP contribution in [0.1, 0.15) is 28.9 Å². The van der Waals surface area contributed by atoms with Gasteiger partial charge in [0.25, 0.3) is 0 Å². The summed E-state index contributed by atoms with van der Waals surface area (Å²) < 4.78 is 0. The molecule has 0 radical (unpaired) electrons. The van der Waals surface area contributed by atoms with E-state index in [-0.39, 0.29) is 12.3 Å². The van der Waals surface area contributed by atoms with E-state index in [2.05, 4.69) is 0 Å². The Labute approximate surface area is 88.3 Å². The zero-order chi connectivity index (χ0) is 11.4. The molecule has 0 saturated heterocycles. The molecule has 15 heavy (non-hydrogen) atoms. The van der Waals surface area contributed by atoms with Crippen LogP contribution >= 0.6 is 0 Å². The zero-order valence-corrected chi connectivity index (χ0v) is 8.55. The van der Waals surface area contributed by atoms with Crippen molar-refractivity contribution < 1.29 is 15.0 Å². The predicted molar refractivity (Wildman–Crippen MR) is 56.5 cm³/mol. The van der Waals surface area contributed by atoms with Crippen LogP contribution in [0.4, 0.5) is 0 Å². The second-order valence-electron chi connectivity index (χ2n) is 3.43. The molecule has 0 saturated carbocycles. The van der Waals surface area contributed by atoms with Gasteiger partial charge in [0.2, 0.25) is 0 Å². The van der Waals surface area contributed by atoms with E-state index in [4.69, 9.17) is 5.73 Å². The van der Waals surface area contributed by atoms with Crippen LogP contribution < -0.4 is 5.73 Å². The molecule has 2 atom stereocenters. The van der Waals surface area contributed by atoms with Crippen LogP contribution in [-0.4, -0.2) is 28.6 Å². The van der Waals surface area contributed by atoms with Crippen molar-refractivity contribution in [2.24, 2.45) is 5.73 Å². The first kappa shape index (κ1) is 11.8. The summed E-state index contributed by atoms with van der Waals surface area (Å²) >= 11 is 0. The molecule has 0 aliphatic carbocycles. The van der Waals surface area contributed by atoms with Gasteiger partial charge in [0.05, 0.1) is 6.10 Å². The Kier molecular flexibility index (Phi) is 3.96. The summed E-state index contributed by atoms with van der Waals surface area (Å²) in [5, 5.41) is 18.9. The van der Waals surface area contributed by atoms with Crippen molar-refractivity contribution in [3.63, 3.8) is 0 Å². The van der Waals surface area contributed by atoms with E-state index in [1.54, 1.807) is 24.3 Å². The zero-order valence-electron chi connectivity index (χ0n) is 8.55. The first-order valence-corrected chi connectivity index (χ1v) is 4.73. The fourth-order valence-electron chi connectivity index (χ4n) is 1.27. The highest BCUT2D eigenvalue weighted by Crippen LogP contribution is 2.17. The van der Waals surface area contributed by atoms with Crippen LogP contribution in [0.3, 0.4) is 0 Å². The Balaban J connectivity index is 2.84. The third kappa shape index (κ3) is 2.86. The van der Waals surface area contributed by atoms with Gasteiger partial charge in [0.15, 0.2) is 5.78 Å². The number of hydrogen-bond acceptors (Lipinski definition) is 4. The van der Waals surface area contributed by atoms with Crippen LogP contribution in [-0.2, 0) is 0 Å². The van der Waals surface area contributed by atoms with Gasteiger partial charge in [-0.3, -0.25) is 4.79 Å². The molecule has 0 aromatic heterocycles. The standard InChI is InChI=1S/C11H15NO3/c1-7(13)8-2-4-9(5-3-8)11(15)10(14)6-12/h2-5,10-11,14-15H,6,12H2,1H3. The summed E-state index contributed by atoms with van der Waals surface area (Å²) in [5.41, 5.74) is 6.35. The average molecular weight is 209 g/mol. The van der Waals surface area contributed by atoms with Crippen LogP contribution in [0.25, 0.3) is 0 Å². The number of benzene rings is 1. The van der Waals surface area contributed by atoms with Gasteiger partial charge >= 0.3 is 0 Å². The molecule has 2 unspecified atom stereocenters. The van der Waals surface area contributed by atoms with Crippen molar-refractivity contribution in [2.45, 2.75) is 19.1 Å². The number of Topliss-reactive ketones (excluding diaryl/α,β-unsaturated/α-hetero) is 1. The van der Waals surface area contributed by atoms with Gasteiger partial charge in [0.1, 0.15) is 6.10 Å². The molecule has 1 aromatic rings. The summed E-state index contributed by atoms with van der Waals surface area (Å²) in [6.45, 7) is 1.47. The number of aliphatic hydroxyl groups is 2.